The van der Waals surface area contributed by atoms with Gasteiger partial charge in [0.15, 0.2) is 0 Å². The van der Waals surface area contributed by atoms with Crippen molar-refractivity contribution >= 4 is 5.91 Å². The lowest BCUT2D eigenvalue weighted by Gasteiger charge is -2.25. The molecule has 0 N–H and O–H groups in total. The van der Waals surface area contributed by atoms with Gasteiger partial charge in [0.1, 0.15) is 6.10 Å². The van der Waals surface area contributed by atoms with Gasteiger partial charge < -0.3 is 9.64 Å². The summed E-state index contributed by atoms with van der Waals surface area (Å²) in [5, 5.41) is 0. The molecule has 0 bridgehead atoms. The predicted molar refractivity (Wildman–Crippen MR) is 88.8 cm³/mol. The van der Waals surface area contributed by atoms with Crippen molar-refractivity contribution in [2.24, 2.45) is 0 Å². The highest BCUT2D eigenvalue weighted by molar-refractivity contribution is 5.81. The minimum Gasteiger partial charge on any atom is -0.368 e. The van der Waals surface area contributed by atoms with Crippen molar-refractivity contribution in [1.82, 2.24) is 9.88 Å². The number of hydrogen-bond acceptors (Lipinski definition) is 3. The molecule has 0 saturated carbocycles. The van der Waals surface area contributed by atoms with Gasteiger partial charge in [0.05, 0.1) is 0 Å². The van der Waals surface area contributed by atoms with Gasteiger partial charge in [0, 0.05) is 32.1 Å². The predicted octanol–water partition coefficient (Wildman–Crippen LogP) is 2.83. The largest absolute Gasteiger partial charge is 0.368 e. The van der Waals surface area contributed by atoms with E-state index in [1.165, 1.54) is 5.56 Å². The lowest BCUT2D eigenvalue weighted by atomic mass is 10.1. The zero-order chi connectivity index (χ0) is 15.9. The van der Waals surface area contributed by atoms with Gasteiger partial charge in [-0.05, 0) is 42.5 Å². The fraction of sp³-hybridized carbons (Fsp3) is 0.368. The van der Waals surface area contributed by atoms with Gasteiger partial charge in [0.2, 0.25) is 0 Å². The Bertz CT molecular complexity index is 610. The summed E-state index contributed by atoms with van der Waals surface area (Å²) < 4.78 is 5.58. The van der Waals surface area contributed by atoms with Crippen LogP contribution in [0.3, 0.4) is 0 Å². The quantitative estimate of drug-likeness (QED) is 0.824. The first kappa shape index (κ1) is 15.7. The van der Waals surface area contributed by atoms with Crippen molar-refractivity contribution in [1.29, 1.82) is 0 Å². The highest BCUT2D eigenvalue weighted by atomic mass is 16.5. The third kappa shape index (κ3) is 4.39. The molecule has 1 saturated heterocycles. The van der Waals surface area contributed by atoms with E-state index in [-0.39, 0.29) is 12.0 Å². The molecule has 23 heavy (non-hydrogen) atoms. The van der Waals surface area contributed by atoms with Crippen molar-refractivity contribution in [2.45, 2.75) is 31.9 Å². The summed E-state index contributed by atoms with van der Waals surface area (Å²) in [6.45, 7) is 2.00. The summed E-state index contributed by atoms with van der Waals surface area (Å²) in [5.41, 5.74) is 2.34. The lowest BCUT2D eigenvalue weighted by molar-refractivity contribution is -0.141. The average molecular weight is 310 g/mol. The van der Waals surface area contributed by atoms with Gasteiger partial charge in [-0.3, -0.25) is 9.78 Å². The zero-order valence-electron chi connectivity index (χ0n) is 13.2. The Hall–Kier alpha value is -2.20. The molecule has 1 fully saturated rings. The highest BCUT2D eigenvalue weighted by Gasteiger charge is 2.28. The summed E-state index contributed by atoms with van der Waals surface area (Å²) in [7, 11) is 0. The number of nitrogens with zero attached hydrogens (tertiary/aromatic N) is 2. The first-order chi connectivity index (χ1) is 11.3. The number of benzene rings is 1. The Morgan fingerprint density at radius 3 is 2.61 bits per heavy atom. The van der Waals surface area contributed by atoms with Crippen LogP contribution in [0, 0.1) is 0 Å². The Morgan fingerprint density at radius 2 is 1.91 bits per heavy atom. The maximum Gasteiger partial charge on any atom is 0.252 e. The van der Waals surface area contributed by atoms with E-state index in [4.69, 9.17) is 4.74 Å². The van der Waals surface area contributed by atoms with E-state index in [1.54, 1.807) is 12.4 Å². The van der Waals surface area contributed by atoms with Gasteiger partial charge in [-0.25, -0.2) is 0 Å². The second-order valence-corrected chi connectivity index (χ2v) is 5.85. The molecule has 1 atom stereocenters. The van der Waals surface area contributed by atoms with E-state index in [2.05, 4.69) is 17.1 Å². The summed E-state index contributed by atoms with van der Waals surface area (Å²) in [4.78, 5) is 18.7. The number of hydrogen-bond donors (Lipinski definition) is 0. The molecule has 0 spiro atoms. The molecule has 3 rings (SSSR count). The van der Waals surface area contributed by atoms with Crippen molar-refractivity contribution in [3.8, 4) is 0 Å². The molecule has 4 nitrogen and oxygen atoms in total. The smallest absolute Gasteiger partial charge is 0.252 e. The maximum absolute atomic E-state index is 12.8. The molecule has 1 aliphatic rings. The minimum atomic E-state index is -0.271. The number of ether oxygens (including phenoxy) is 1. The first-order valence-corrected chi connectivity index (χ1v) is 8.16. The van der Waals surface area contributed by atoms with Crippen molar-refractivity contribution in [2.75, 3.05) is 13.2 Å². The molecule has 120 valence electrons. The first-order valence-electron chi connectivity index (χ1n) is 8.16. The van der Waals surface area contributed by atoms with Crippen LogP contribution in [0.25, 0.3) is 0 Å². The molecular weight excluding hydrogens is 288 g/mol. The third-order valence-electron chi connectivity index (χ3n) is 4.15. The van der Waals surface area contributed by atoms with E-state index in [0.717, 1.165) is 24.8 Å². The fourth-order valence-electron chi connectivity index (χ4n) is 2.86. The molecule has 4 heteroatoms. The molecule has 2 aromatic rings. The molecule has 0 radical (unpaired) electrons. The Balaban J connectivity index is 1.68. The van der Waals surface area contributed by atoms with Crippen LogP contribution in [0.15, 0.2) is 54.9 Å². The van der Waals surface area contributed by atoms with E-state index < -0.39 is 0 Å². The van der Waals surface area contributed by atoms with Crippen LogP contribution in [-0.2, 0) is 22.5 Å². The van der Waals surface area contributed by atoms with Gasteiger partial charge in [-0.2, -0.15) is 0 Å². The molecule has 2 heterocycles. The average Bonchev–Trinajstić information content (AvgIpc) is 3.14. The summed E-state index contributed by atoms with van der Waals surface area (Å²) in [6, 6.07) is 14.2. The summed E-state index contributed by atoms with van der Waals surface area (Å²) in [5.74, 6) is 0.107. The number of pyridine rings is 1. The van der Waals surface area contributed by atoms with Crippen LogP contribution in [0.5, 0.6) is 0 Å². The molecule has 1 aromatic heterocycles. The number of carbonyl (C=O) groups is 1. The lowest BCUT2D eigenvalue weighted by Crippen LogP contribution is -2.39. The van der Waals surface area contributed by atoms with Gasteiger partial charge in [-0.15, -0.1) is 0 Å². The normalized spacial score (nSPS) is 17.1. The Kier molecular flexibility index (Phi) is 5.37. The van der Waals surface area contributed by atoms with E-state index >= 15 is 0 Å². The van der Waals surface area contributed by atoms with E-state index in [0.29, 0.717) is 19.7 Å². The van der Waals surface area contributed by atoms with Crippen molar-refractivity contribution in [3.05, 3.63) is 66.0 Å². The van der Waals surface area contributed by atoms with Crippen LogP contribution in [-0.4, -0.2) is 35.0 Å². The maximum atomic E-state index is 12.8. The summed E-state index contributed by atoms with van der Waals surface area (Å²) in [6.07, 6.45) is 5.91. The van der Waals surface area contributed by atoms with Crippen molar-refractivity contribution < 1.29 is 9.53 Å². The SMILES string of the molecule is O=C([C@@H]1CCCO1)N(CCc1ccccc1)Cc1ccncc1. The second kappa shape index (κ2) is 7.88. The van der Waals surface area contributed by atoms with Gasteiger partial charge >= 0.3 is 0 Å². The summed E-state index contributed by atoms with van der Waals surface area (Å²) >= 11 is 0. The Labute approximate surface area is 137 Å². The van der Waals surface area contributed by atoms with Crippen molar-refractivity contribution in [3.63, 3.8) is 0 Å². The van der Waals surface area contributed by atoms with Crippen LogP contribution >= 0.6 is 0 Å². The molecule has 1 amide bonds. The number of aromatic nitrogens is 1. The molecule has 0 unspecified atom stereocenters. The Morgan fingerprint density at radius 1 is 1.13 bits per heavy atom. The molecule has 1 aromatic carbocycles. The van der Waals surface area contributed by atoms with E-state index in [9.17, 15) is 4.79 Å². The molecular formula is C19H22N2O2. The van der Waals surface area contributed by atoms with Gasteiger partial charge in [0.25, 0.3) is 5.91 Å². The highest BCUT2D eigenvalue weighted by Crippen LogP contribution is 2.17. The molecule has 0 aliphatic carbocycles. The van der Waals surface area contributed by atoms with Crippen LogP contribution < -0.4 is 0 Å². The van der Waals surface area contributed by atoms with E-state index in [1.807, 2.05) is 35.2 Å². The topological polar surface area (TPSA) is 42.4 Å². The standard InChI is InChI=1S/C19H22N2O2/c22-19(18-7-4-14-23-18)21(15-17-8-11-20-12-9-17)13-10-16-5-2-1-3-6-16/h1-3,5-6,8-9,11-12,18H,4,7,10,13-15H2/t18-/m0/s1. The van der Waals surface area contributed by atoms with Crippen LogP contribution in [0.4, 0.5) is 0 Å². The number of amides is 1. The monoisotopic (exact) mass is 310 g/mol. The third-order valence-corrected chi connectivity index (χ3v) is 4.15. The van der Waals surface area contributed by atoms with Crippen LogP contribution in [0.1, 0.15) is 24.0 Å². The fourth-order valence-corrected chi connectivity index (χ4v) is 2.86. The molecule has 1 aliphatic heterocycles. The zero-order valence-corrected chi connectivity index (χ0v) is 13.2. The van der Waals surface area contributed by atoms with Gasteiger partial charge in [-0.1, -0.05) is 30.3 Å². The second-order valence-electron chi connectivity index (χ2n) is 5.85. The number of rotatable bonds is 6. The number of carbonyl (C=O) groups excluding carboxylic acids is 1. The van der Waals surface area contributed by atoms with Crippen LogP contribution in [0.2, 0.25) is 0 Å². The minimum absolute atomic E-state index is 0.107.